The highest BCUT2D eigenvalue weighted by Gasteiger charge is 2.54. The molecule has 1 aromatic carbocycles. The second-order valence-electron chi connectivity index (χ2n) is 4.83. The van der Waals surface area contributed by atoms with E-state index in [1.165, 1.54) is 19.2 Å². The minimum absolute atomic E-state index is 0.0711. The number of ether oxygens (including phenoxy) is 1. The fourth-order valence-corrected chi connectivity index (χ4v) is 2.55. The average Bonchev–Trinajstić information content (AvgIpc) is 2.46. The fraction of sp³-hybridized carbons (Fsp3) is 0.500. The average molecular weight is 359 g/mol. The highest BCUT2D eigenvalue weighted by molar-refractivity contribution is 6.43. The molecule has 3 nitrogen and oxygen atoms in total. The van der Waals surface area contributed by atoms with E-state index in [1.807, 2.05) is 0 Å². The van der Waals surface area contributed by atoms with Crippen LogP contribution < -0.4 is 4.74 Å². The first kappa shape index (κ1) is 19.1. The lowest BCUT2D eigenvalue weighted by Crippen LogP contribution is -2.47. The molecule has 1 aromatic rings. The Morgan fingerprint density at radius 1 is 1.36 bits per heavy atom. The molecule has 0 aromatic heterocycles. The zero-order valence-electron chi connectivity index (χ0n) is 11.9. The van der Waals surface area contributed by atoms with Crippen LogP contribution in [0.1, 0.15) is 31.2 Å². The van der Waals surface area contributed by atoms with Gasteiger partial charge in [-0.3, -0.25) is 4.79 Å². The molecule has 124 valence electrons. The summed E-state index contributed by atoms with van der Waals surface area (Å²) in [6, 6.07) is 2.90. The maximum atomic E-state index is 12.9. The molecule has 1 N–H and O–H groups in total. The number of methoxy groups -OCH3 is 1. The Morgan fingerprint density at radius 2 is 1.95 bits per heavy atom. The molecule has 0 radical (unpaired) electrons. The number of rotatable bonds is 6. The molecule has 8 heteroatoms. The summed E-state index contributed by atoms with van der Waals surface area (Å²) in [6.07, 6.45) is -6.14. The van der Waals surface area contributed by atoms with Gasteiger partial charge in [0.1, 0.15) is 10.8 Å². The summed E-state index contributed by atoms with van der Waals surface area (Å²) in [4.78, 5) is 10.8. The Hall–Kier alpha value is -0.980. The molecule has 0 saturated heterocycles. The van der Waals surface area contributed by atoms with Gasteiger partial charge in [-0.25, -0.2) is 0 Å². The summed E-state index contributed by atoms with van der Waals surface area (Å²) < 4.78 is 43.8. The van der Waals surface area contributed by atoms with Crippen LogP contribution in [0.3, 0.4) is 0 Å². The van der Waals surface area contributed by atoms with Crippen LogP contribution in [0.4, 0.5) is 13.2 Å². The van der Waals surface area contributed by atoms with E-state index >= 15 is 0 Å². The zero-order valence-corrected chi connectivity index (χ0v) is 13.4. The third-order valence-corrected chi connectivity index (χ3v) is 4.25. The first-order valence-electron chi connectivity index (χ1n) is 6.38. The van der Waals surface area contributed by atoms with Crippen LogP contribution >= 0.6 is 23.2 Å². The lowest BCUT2D eigenvalue weighted by molar-refractivity contribution is -0.247. The first-order chi connectivity index (χ1) is 10.1. The van der Waals surface area contributed by atoms with E-state index in [0.29, 0.717) is 5.56 Å². The molecule has 0 heterocycles. The van der Waals surface area contributed by atoms with Gasteiger partial charge in [0.15, 0.2) is 6.29 Å². The van der Waals surface area contributed by atoms with Gasteiger partial charge in [-0.05, 0) is 30.4 Å². The van der Waals surface area contributed by atoms with Crippen molar-refractivity contribution in [2.24, 2.45) is 0 Å². The lowest BCUT2D eigenvalue weighted by atomic mass is 9.84. The second-order valence-corrected chi connectivity index (χ2v) is 5.62. The van der Waals surface area contributed by atoms with Crippen LogP contribution in [-0.4, -0.2) is 30.3 Å². The van der Waals surface area contributed by atoms with Gasteiger partial charge in [-0.2, -0.15) is 13.2 Å². The zero-order chi connectivity index (χ0) is 17.1. The predicted molar refractivity (Wildman–Crippen MR) is 77.7 cm³/mol. The van der Waals surface area contributed by atoms with E-state index < -0.39 is 30.4 Å². The standard InChI is InChI=1S/C14H15Cl2F3O3/c1-3-8(6-13(21,7-20)14(17,18)19)9-4-5-10(15)11(16)12(9)22-2/h4-5,7-8,21H,3,6H2,1-2H3/t8-,13-/m1/s1. The fourth-order valence-electron chi connectivity index (χ4n) is 2.16. The van der Waals surface area contributed by atoms with Gasteiger partial charge in [0.2, 0.25) is 5.60 Å². The van der Waals surface area contributed by atoms with Crippen molar-refractivity contribution in [3.05, 3.63) is 27.7 Å². The van der Waals surface area contributed by atoms with Crippen LogP contribution in [0.25, 0.3) is 0 Å². The van der Waals surface area contributed by atoms with Crippen molar-refractivity contribution in [3.63, 3.8) is 0 Å². The van der Waals surface area contributed by atoms with E-state index in [1.54, 1.807) is 6.92 Å². The van der Waals surface area contributed by atoms with Crippen LogP contribution in [-0.2, 0) is 4.79 Å². The molecule has 0 bridgehead atoms. The topological polar surface area (TPSA) is 46.5 Å². The summed E-state index contributed by atoms with van der Waals surface area (Å²) in [5.41, 5.74) is -3.07. The highest BCUT2D eigenvalue weighted by Crippen LogP contribution is 2.44. The quantitative estimate of drug-likeness (QED) is 0.767. The van der Waals surface area contributed by atoms with E-state index in [2.05, 4.69) is 0 Å². The molecule has 0 amide bonds. The van der Waals surface area contributed by atoms with Crippen LogP contribution in [0.15, 0.2) is 12.1 Å². The molecule has 0 spiro atoms. The van der Waals surface area contributed by atoms with E-state index in [-0.39, 0.29) is 22.2 Å². The SMILES string of the molecule is CC[C@H](C[C@@](O)(C=O)C(F)(F)F)c1ccc(Cl)c(Cl)c1OC. The van der Waals surface area contributed by atoms with Crippen molar-refractivity contribution in [1.29, 1.82) is 0 Å². The molecule has 22 heavy (non-hydrogen) atoms. The normalized spacial score (nSPS) is 16.0. The maximum absolute atomic E-state index is 12.9. The smallest absolute Gasteiger partial charge is 0.424 e. The molecule has 0 fully saturated rings. The van der Waals surface area contributed by atoms with Crippen LogP contribution in [0.5, 0.6) is 5.75 Å². The van der Waals surface area contributed by atoms with Gasteiger partial charge in [0, 0.05) is 0 Å². The Kier molecular flexibility index (Phi) is 6.12. The van der Waals surface area contributed by atoms with E-state index in [0.717, 1.165) is 0 Å². The van der Waals surface area contributed by atoms with Crippen molar-refractivity contribution < 1.29 is 27.8 Å². The minimum Gasteiger partial charge on any atom is -0.495 e. The van der Waals surface area contributed by atoms with E-state index in [4.69, 9.17) is 27.9 Å². The summed E-state index contributed by atoms with van der Waals surface area (Å²) in [7, 11) is 1.31. The molecule has 0 aliphatic carbocycles. The lowest BCUT2D eigenvalue weighted by Gasteiger charge is -2.29. The van der Waals surface area contributed by atoms with Gasteiger partial charge >= 0.3 is 6.18 Å². The Bertz CT molecular complexity index is 549. The van der Waals surface area contributed by atoms with Crippen molar-refractivity contribution in [1.82, 2.24) is 0 Å². The van der Waals surface area contributed by atoms with Crippen LogP contribution in [0.2, 0.25) is 10.0 Å². The van der Waals surface area contributed by atoms with E-state index in [9.17, 15) is 23.1 Å². The predicted octanol–water partition coefficient (Wildman–Crippen LogP) is 4.38. The maximum Gasteiger partial charge on any atom is 0.424 e. The number of carbonyl (C=O) groups excluding carboxylic acids is 1. The van der Waals surface area contributed by atoms with Crippen molar-refractivity contribution in [2.75, 3.05) is 7.11 Å². The number of aliphatic hydroxyl groups is 1. The molecule has 0 saturated carbocycles. The van der Waals surface area contributed by atoms with Gasteiger partial charge in [0.05, 0.1) is 12.1 Å². The number of aldehydes is 1. The Balaban J connectivity index is 3.29. The summed E-state index contributed by atoms with van der Waals surface area (Å²) in [5, 5.41) is 9.88. The third kappa shape index (κ3) is 3.67. The molecular weight excluding hydrogens is 344 g/mol. The number of halogens is 5. The number of alkyl halides is 3. The van der Waals surface area contributed by atoms with Gasteiger partial charge in [-0.15, -0.1) is 0 Å². The number of hydrogen-bond acceptors (Lipinski definition) is 3. The van der Waals surface area contributed by atoms with Crippen molar-refractivity contribution in [2.45, 2.75) is 37.5 Å². The van der Waals surface area contributed by atoms with Crippen molar-refractivity contribution >= 4 is 29.5 Å². The van der Waals surface area contributed by atoms with Gasteiger partial charge in [-0.1, -0.05) is 36.2 Å². The monoisotopic (exact) mass is 358 g/mol. The summed E-state index contributed by atoms with van der Waals surface area (Å²) in [5.74, 6) is -0.655. The molecular formula is C14H15Cl2F3O3. The second kappa shape index (κ2) is 7.06. The van der Waals surface area contributed by atoms with Crippen molar-refractivity contribution in [3.8, 4) is 5.75 Å². The molecule has 0 aliphatic rings. The minimum atomic E-state index is -5.06. The van der Waals surface area contributed by atoms with Gasteiger partial charge in [0.25, 0.3) is 0 Å². The molecule has 0 aliphatic heterocycles. The first-order valence-corrected chi connectivity index (χ1v) is 7.14. The largest absolute Gasteiger partial charge is 0.495 e. The molecule has 2 atom stereocenters. The van der Waals surface area contributed by atoms with Gasteiger partial charge < -0.3 is 9.84 Å². The third-order valence-electron chi connectivity index (χ3n) is 3.46. The summed E-state index contributed by atoms with van der Waals surface area (Å²) >= 11 is 11.8. The highest BCUT2D eigenvalue weighted by atomic mass is 35.5. The molecule has 0 unspecified atom stereocenters. The summed E-state index contributed by atoms with van der Waals surface area (Å²) in [6.45, 7) is 1.63. The number of hydrogen-bond donors (Lipinski definition) is 1. The number of carbonyl (C=O) groups is 1. The molecule has 1 rings (SSSR count). The number of benzene rings is 1. The van der Waals surface area contributed by atoms with Crippen LogP contribution in [0, 0.1) is 0 Å². The Morgan fingerprint density at radius 3 is 2.36 bits per heavy atom. The Labute approximate surface area is 136 Å².